The molecule has 188 valence electrons. The molecule has 6 rings (SSSR count). The summed E-state index contributed by atoms with van der Waals surface area (Å²) in [4.78, 5) is 32.6. The maximum Gasteiger partial charge on any atom is 0.410 e. The topological polar surface area (TPSA) is 53.1 Å². The van der Waals surface area contributed by atoms with Gasteiger partial charge in [-0.05, 0) is 88.9 Å². The van der Waals surface area contributed by atoms with Crippen LogP contribution in [0.25, 0.3) is 5.57 Å². The van der Waals surface area contributed by atoms with Gasteiger partial charge in [0.2, 0.25) is 0 Å². The molecule has 2 atom stereocenters. The number of benzene rings is 1. The highest BCUT2D eigenvalue weighted by Crippen LogP contribution is 2.48. The number of rotatable bonds is 3. The number of carbonyl (C=O) groups excluding carboxylic acids is 2. The van der Waals surface area contributed by atoms with Crippen LogP contribution in [0, 0.1) is 0 Å². The Morgan fingerprint density at radius 2 is 1.66 bits per heavy atom. The summed E-state index contributed by atoms with van der Waals surface area (Å²) in [5, 5.41) is 0. The molecule has 6 heteroatoms. The van der Waals surface area contributed by atoms with Crippen molar-refractivity contribution in [3.63, 3.8) is 0 Å². The summed E-state index contributed by atoms with van der Waals surface area (Å²) in [6, 6.07) is 9.94. The third-order valence-electron chi connectivity index (χ3n) is 9.57. The predicted molar refractivity (Wildman–Crippen MR) is 136 cm³/mol. The zero-order valence-electron chi connectivity index (χ0n) is 21.1. The normalized spacial score (nSPS) is 29.7. The van der Waals surface area contributed by atoms with Crippen LogP contribution in [0.15, 0.2) is 30.3 Å². The van der Waals surface area contributed by atoms with E-state index in [2.05, 4.69) is 35.2 Å². The molecular weight excluding hydrogens is 438 g/mol. The molecule has 1 aliphatic carbocycles. The van der Waals surface area contributed by atoms with E-state index in [0.29, 0.717) is 24.7 Å². The first-order valence-electron chi connectivity index (χ1n) is 13.9. The van der Waals surface area contributed by atoms with Gasteiger partial charge in [-0.1, -0.05) is 30.3 Å². The first-order chi connectivity index (χ1) is 17.1. The third-order valence-corrected chi connectivity index (χ3v) is 9.57. The Morgan fingerprint density at radius 1 is 0.971 bits per heavy atom. The maximum absolute atomic E-state index is 13.3. The van der Waals surface area contributed by atoms with E-state index in [9.17, 15) is 9.59 Å². The van der Waals surface area contributed by atoms with E-state index >= 15 is 0 Å². The second-order valence-electron chi connectivity index (χ2n) is 11.3. The Hall–Kier alpha value is -2.34. The van der Waals surface area contributed by atoms with Crippen molar-refractivity contribution in [2.75, 3.05) is 32.8 Å². The average molecular weight is 478 g/mol. The first-order valence-corrected chi connectivity index (χ1v) is 13.9. The van der Waals surface area contributed by atoms with Gasteiger partial charge in [0.15, 0.2) is 0 Å². The zero-order chi connectivity index (χ0) is 24.0. The van der Waals surface area contributed by atoms with Crippen LogP contribution in [0.4, 0.5) is 4.79 Å². The van der Waals surface area contributed by atoms with E-state index in [1.54, 1.807) is 0 Å². The number of likely N-dealkylation sites (tertiary alicyclic amines) is 2. The largest absolute Gasteiger partial charge is 0.450 e. The summed E-state index contributed by atoms with van der Waals surface area (Å²) < 4.78 is 5.35. The van der Waals surface area contributed by atoms with Crippen LogP contribution in [-0.2, 0) is 14.9 Å². The summed E-state index contributed by atoms with van der Waals surface area (Å²) in [6.07, 6.45) is 12.0. The van der Waals surface area contributed by atoms with Gasteiger partial charge < -0.3 is 19.4 Å². The average Bonchev–Trinajstić information content (AvgIpc) is 3.51. The summed E-state index contributed by atoms with van der Waals surface area (Å²) in [7, 11) is 0. The Labute approximate surface area is 209 Å². The molecule has 5 aliphatic rings. The molecule has 35 heavy (non-hydrogen) atoms. The SMILES string of the molecule is CCOC(=O)N1C2CCC1CC(N1CCC3(CC=C(C(=O)N4CCCC4)c4ccccc43)CC1)C2. The van der Waals surface area contributed by atoms with Crippen molar-refractivity contribution in [2.45, 2.75) is 88.3 Å². The molecule has 1 aromatic rings. The number of ether oxygens (including phenoxy) is 1. The summed E-state index contributed by atoms with van der Waals surface area (Å²) >= 11 is 0. The van der Waals surface area contributed by atoms with Crippen LogP contribution in [0.1, 0.15) is 75.8 Å². The monoisotopic (exact) mass is 477 g/mol. The molecule has 0 radical (unpaired) electrons. The molecule has 4 aliphatic heterocycles. The van der Waals surface area contributed by atoms with Crippen LogP contribution in [-0.4, -0.2) is 77.6 Å². The van der Waals surface area contributed by atoms with Gasteiger partial charge in [0.1, 0.15) is 0 Å². The highest BCUT2D eigenvalue weighted by molar-refractivity contribution is 6.20. The highest BCUT2D eigenvalue weighted by atomic mass is 16.6. The van der Waals surface area contributed by atoms with Gasteiger partial charge in [0.25, 0.3) is 5.91 Å². The Kier molecular flexibility index (Phi) is 6.11. The molecule has 0 N–H and O–H groups in total. The van der Waals surface area contributed by atoms with E-state index in [1.807, 2.05) is 16.7 Å². The fourth-order valence-corrected chi connectivity index (χ4v) is 7.72. The predicted octanol–water partition coefficient (Wildman–Crippen LogP) is 4.58. The van der Waals surface area contributed by atoms with E-state index < -0.39 is 0 Å². The van der Waals surface area contributed by atoms with Crippen molar-refractivity contribution in [3.05, 3.63) is 41.5 Å². The lowest BCUT2D eigenvalue weighted by Crippen LogP contribution is -2.55. The molecule has 1 spiro atoms. The minimum Gasteiger partial charge on any atom is -0.450 e. The van der Waals surface area contributed by atoms with E-state index in [0.717, 1.165) is 89.5 Å². The number of hydrogen-bond donors (Lipinski definition) is 0. The zero-order valence-corrected chi connectivity index (χ0v) is 21.1. The van der Waals surface area contributed by atoms with Crippen LogP contribution in [0.2, 0.25) is 0 Å². The van der Waals surface area contributed by atoms with Crippen LogP contribution >= 0.6 is 0 Å². The number of hydrogen-bond acceptors (Lipinski definition) is 4. The fraction of sp³-hybridized carbons (Fsp3) is 0.655. The van der Waals surface area contributed by atoms with E-state index in [-0.39, 0.29) is 17.4 Å². The van der Waals surface area contributed by atoms with Crippen molar-refractivity contribution in [1.82, 2.24) is 14.7 Å². The molecule has 4 saturated heterocycles. The maximum atomic E-state index is 13.3. The highest BCUT2D eigenvalue weighted by Gasteiger charge is 2.47. The number of fused-ring (bicyclic) bond motifs is 4. The van der Waals surface area contributed by atoms with Gasteiger partial charge in [-0.25, -0.2) is 4.79 Å². The van der Waals surface area contributed by atoms with Gasteiger partial charge in [0.05, 0.1) is 6.61 Å². The molecule has 2 bridgehead atoms. The second-order valence-corrected chi connectivity index (χ2v) is 11.3. The molecule has 2 unspecified atom stereocenters. The Balaban J connectivity index is 1.15. The third kappa shape index (κ3) is 3.98. The van der Waals surface area contributed by atoms with Crippen LogP contribution in [0.3, 0.4) is 0 Å². The number of nitrogens with zero attached hydrogens (tertiary/aromatic N) is 3. The van der Waals surface area contributed by atoms with E-state index in [4.69, 9.17) is 4.74 Å². The van der Waals surface area contributed by atoms with E-state index in [1.165, 1.54) is 11.1 Å². The lowest BCUT2D eigenvalue weighted by Gasteiger charge is -2.49. The Bertz CT molecular complexity index is 992. The molecule has 4 fully saturated rings. The number of piperidine rings is 2. The molecule has 0 saturated carbocycles. The van der Waals surface area contributed by atoms with Gasteiger partial charge in [-0.2, -0.15) is 0 Å². The van der Waals surface area contributed by atoms with Crippen LogP contribution < -0.4 is 0 Å². The quantitative estimate of drug-likeness (QED) is 0.639. The number of amides is 2. The summed E-state index contributed by atoms with van der Waals surface area (Å²) in [5.41, 5.74) is 3.64. The Morgan fingerprint density at radius 3 is 2.34 bits per heavy atom. The molecule has 1 aromatic carbocycles. The smallest absolute Gasteiger partial charge is 0.410 e. The molecule has 4 heterocycles. The summed E-state index contributed by atoms with van der Waals surface area (Å²) in [5.74, 6) is 0.228. The molecule has 0 aromatic heterocycles. The molecule has 2 amide bonds. The van der Waals surface area contributed by atoms with Gasteiger partial charge in [-0.15, -0.1) is 0 Å². The van der Waals surface area contributed by atoms with Crippen molar-refractivity contribution in [2.24, 2.45) is 0 Å². The first kappa shape index (κ1) is 23.1. The van der Waals surface area contributed by atoms with Gasteiger partial charge in [-0.3, -0.25) is 4.79 Å². The summed E-state index contributed by atoms with van der Waals surface area (Å²) in [6.45, 7) is 6.33. The van der Waals surface area contributed by atoms with Crippen molar-refractivity contribution in [3.8, 4) is 0 Å². The fourth-order valence-electron chi connectivity index (χ4n) is 7.72. The minimum atomic E-state index is -0.110. The molecule has 6 nitrogen and oxygen atoms in total. The van der Waals surface area contributed by atoms with Crippen molar-refractivity contribution < 1.29 is 14.3 Å². The second kappa shape index (κ2) is 9.27. The van der Waals surface area contributed by atoms with Gasteiger partial charge >= 0.3 is 6.09 Å². The minimum absolute atomic E-state index is 0.110. The lowest BCUT2D eigenvalue weighted by molar-refractivity contribution is -0.124. The van der Waals surface area contributed by atoms with Gasteiger partial charge in [0, 0.05) is 42.2 Å². The molecular formula is C29H39N3O3. The van der Waals surface area contributed by atoms with Crippen molar-refractivity contribution >= 4 is 17.6 Å². The lowest BCUT2D eigenvalue weighted by atomic mass is 9.65. The van der Waals surface area contributed by atoms with Crippen LogP contribution in [0.5, 0.6) is 0 Å². The number of allylic oxidation sites excluding steroid dienone is 1. The number of carbonyl (C=O) groups is 2. The van der Waals surface area contributed by atoms with Crippen molar-refractivity contribution in [1.29, 1.82) is 0 Å². The standard InChI is InChI=1S/C29H39N3O3/c1-2-35-28(34)32-21-9-10-22(32)20-23(19-21)30-17-13-29(14-18-30)12-11-25(24-7-3-4-8-26(24)29)27(33)31-15-5-6-16-31/h3-4,7-8,11,21-23H,2,5-6,9-10,12-20H2,1H3.